The van der Waals surface area contributed by atoms with Crippen LogP contribution in [0.4, 0.5) is 0 Å². The van der Waals surface area contributed by atoms with E-state index in [1.54, 1.807) is 10.5 Å². The zero-order valence-electron chi connectivity index (χ0n) is 16.1. The summed E-state index contributed by atoms with van der Waals surface area (Å²) in [6.45, 7) is 1.65. The molecule has 0 aliphatic heterocycles. The molecule has 0 spiro atoms. The Bertz CT molecular complexity index is 917. The van der Waals surface area contributed by atoms with Gasteiger partial charge < -0.3 is 0 Å². The summed E-state index contributed by atoms with van der Waals surface area (Å²) in [5, 5.41) is 2.80. The van der Waals surface area contributed by atoms with Crippen molar-refractivity contribution in [2.45, 2.75) is 43.5 Å². The molecule has 0 heterocycles. The van der Waals surface area contributed by atoms with E-state index in [9.17, 15) is 4.79 Å². The summed E-state index contributed by atoms with van der Waals surface area (Å²) in [5.41, 5.74) is 0.831. The van der Waals surface area contributed by atoms with Gasteiger partial charge in [-0.1, -0.05) is 0 Å². The fourth-order valence-electron chi connectivity index (χ4n) is 4.46. The van der Waals surface area contributed by atoms with E-state index in [1.165, 1.54) is 50.9 Å². The second-order valence-corrected chi connectivity index (χ2v) is 14.9. The average molecular weight is 462 g/mol. The molecule has 1 aliphatic rings. The molecule has 1 fully saturated rings. The topological polar surface area (TPSA) is 17.1 Å². The minimum atomic E-state index is -2.06. The number of ketones is 1. The summed E-state index contributed by atoms with van der Waals surface area (Å²) in [6.07, 6.45) is 7.03. The Morgan fingerprint density at radius 1 is 0.889 bits per heavy atom. The van der Waals surface area contributed by atoms with Crippen molar-refractivity contribution in [1.29, 1.82) is 0 Å². The van der Waals surface area contributed by atoms with E-state index in [1.807, 2.05) is 12.1 Å². The van der Waals surface area contributed by atoms with E-state index >= 15 is 0 Å². The molecule has 4 rings (SSSR count). The first kappa shape index (κ1) is 18.7. The zero-order chi connectivity index (χ0) is 18.6. The normalized spacial score (nSPS) is 15.3. The van der Waals surface area contributed by atoms with Crippen LogP contribution in [0.25, 0.3) is 10.8 Å². The molecule has 0 aromatic heterocycles. The standard InChI is InChI=1S/C10H7.C8H7O.C7H13.Sn/c1-2-6-10-8-4-3-7-9(10)5-1;1-7(9)8-5-3-2-4-6-8;1-7-5-3-2-4-6-7;/h1-7H;3-6H,1H3;7H,1-6H2;. The summed E-state index contributed by atoms with van der Waals surface area (Å²) >= 11 is -2.06. The third kappa shape index (κ3) is 4.29. The molecule has 1 nitrogen and oxygen atoms in total. The SMILES string of the molecule is CC(=O)c1cc[c]([Sn]([CH2]C2CCCCC2)[c]2cccc3ccccc23)cc1. The Hall–Kier alpha value is -1.61. The molecule has 0 atom stereocenters. The number of benzene rings is 3. The molecule has 0 amide bonds. The second-order valence-electron chi connectivity index (χ2n) is 7.85. The van der Waals surface area contributed by atoms with E-state index < -0.39 is 19.8 Å². The van der Waals surface area contributed by atoms with Crippen molar-refractivity contribution in [1.82, 2.24) is 0 Å². The Balaban J connectivity index is 1.76. The van der Waals surface area contributed by atoms with Gasteiger partial charge in [0.1, 0.15) is 0 Å². The van der Waals surface area contributed by atoms with Gasteiger partial charge in [-0.2, -0.15) is 0 Å². The van der Waals surface area contributed by atoms with Gasteiger partial charge in [-0.25, -0.2) is 0 Å². The van der Waals surface area contributed by atoms with Gasteiger partial charge in [0.2, 0.25) is 0 Å². The van der Waals surface area contributed by atoms with E-state index in [0.717, 1.165) is 11.5 Å². The van der Waals surface area contributed by atoms with Crippen molar-refractivity contribution in [3.05, 3.63) is 72.3 Å². The Morgan fingerprint density at radius 2 is 1.59 bits per heavy atom. The zero-order valence-corrected chi connectivity index (χ0v) is 18.9. The molecule has 1 radical (unpaired) electrons. The fourth-order valence-corrected chi connectivity index (χ4v) is 13.5. The Morgan fingerprint density at radius 3 is 2.33 bits per heavy atom. The molecule has 3 aromatic rings. The van der Waals surface area contributed by atoms with Crippen molar-refractivity contribution < 1.29 is 4.79 Å². The van der Waals surface area contributed by atoms with Crippen LogP contribution < -0.4 is 7.16 Å². The van der Waals surface area contributed by atoms with Crippen LogP contribution in [0.5, 0.6) is 0 Å². The van der Waals surface area contributed by atoms with Crippen molar-refractivity contribution >= 4 is 43.5 Å². The van der Waals surface area contributed by atoms with Gasteiger partial charge in [0, 0.05) is 0 Å². The van der Waals surface area contributed by atoms with Crippen LogP contribution in [0, 0.1) is 5.92 Å². The van der Waals surface area contributed by atoms with Crippen LogP contribution in [-0.4, -0.2) is 25.5 Å². The second kappa shape index (κ2) is 8.60. The molecular formula is C25H27OSn. The van der Waals surface area contributed by atoms with Gasteiger partial charge in [-0.3, -0.25) is 0 Å². The van der Waals surface area contributed by atoms with Crippen molar-refractivity contribution in [3.63, 3.8) is 0 Å². The molecule has 3 aromatic carbocycles. The Labute approximate surface area is 169 Å². The minimum absolute atomic E-state index is 0.157. The number of fused-ring (bicyclic) bond motifs is 1. The molecule has 137 valence electrons. The number of carbonyl (C=O) groups is 1. The van der Waals surface area contributed by atoms with Crippen molar-refractivity contribution in [2.24, 2.45) is 5.92 Å². The average Bonchev–Trinajstić information content (AvgIpc) is 2.72. The van der Waals surface area contributed by atoms with Gasteiger partial charge in [0.05, 0.1) is 0 Å². The van der Waals surface area contributed by atoms with E-state index in [-0.39, 0.29) is 5.78 Å². The summed E-state index contributed by atoms with van der Waals surface area (Å²) in [6, 6.07) is 24.3. The molecule has 0 bridgehead atoms. The van der Waals surface area contributed by atoms with Crippen LogP contribution in [0.2, 0.25) is 4.44 Å². The van der Waals surface area contributed by atoms with Gasteiger partial charge in [-0.05, 0) is 0 Å². The molecule has 2 heteroatoms. The number of Topliss-reactive ketones (excluding diaryl/α,β-unsaturated/α-hetero) is 1. The van der Waals surface area contributed by atoms with E-state index in [2.05, 4.69) is 54.6 Å². The van der Waals surface area contributed by atoms with Gasteiger partial charge in [0.15, 0.2) is 0 Å². The monoisotopic (exact) mass is 463 g/mol. The molecule has 0 unspecified atom stereocenters. The third-order valence-corrected chi connectivity index (χ3v) is 14.8. The van der Waals surface area contributed by atoms with Crippen molar-refractivity contribution in [2.75, 3.05) is 0 Å². The summed E-state index contributed by atoms with van der Waals surface area (Å²) in [4.78, 5) is 11.7. The van der Waals surface area contributed by atoms with Crippen molar-refractivity contribution in [3.8, 4) is 0 Å². The summed E-state index contributed by atoms with van der Waals surface area (Å²) < 4.78 is 4.55. The van der Waals surface area contributed by atoms with E-state index in [0.29, 0.717) is 0 Å². The molecule has 27 heavy (non-hydrogen) atoms. The maximum absolute atomic E-state index is 11.7. The van der Waals surface area contributed by atoms with E-state index in [4.69, 9.17) is 0 Å². The van der Waals surface area contributed by atoms with Crippen LogP contribution in [0.15, 0.2) is 66.7 Å². The first-order valence-corrected chi connectivity index (χ1v) is 15.0. The number of carbonyl (C=O) groups excluding carboxylic acids is 1. The third-order valence-electron chi connectivity index (χ3n) is 5.97. The van der Waals surface area contributed by atoms with Crippen LogP contribution in [-0.2, 0) is 0 Å². The maximum atomic E-state index is 11.7. The molecule has 0 N–H and O–H groups in total. The molecular weight excluding hydrogens is 435 g/mol. The predicted octanol–water partition coefficient (Wildman–Crippen LogP) is 5.23. The van der Waals surface area contributed by atoms with Crippen LogP contribution in [0.3, 0.4) is 0 Å². The van der Waals surface area contributed by atoms with Crippen LogP contribution in [0.1, 0.15) is 49.4 Å². The van der Waals surface area contributed by atoms with Crippen LogP contribution >= 0.6 is 0 Å². The number of rotatable bonds is 5. The fraction of sp³-hybridized carbons (Fsp3) is 0.320. The summed E-state index contributed by atoms with van der Waals surface area (Å²) in [7, 11) is 0. The van der Waals surface area contributed by atoms with Gasteiger partial charge in [0.25, 0.3) is 0 Å². The Kier molecular flexibility index (Phi) is 5.97. The van der Waals surface area contributed by atoms with Gasteiger partial charge >= 0.3 is 170 Å². The summed E-state index contributed by atoms with van der Waals surface area (Å²) in [5.74, 6) is 1.05. The quantitative estimate of drug-likeness (QED) is 0.375. The predicted molar refractivity (Wildman–Crippen MR) is 117 cm³/mol. The molecule has 1 aliphatic carbocycles. The van der Waals surface area contributed by atoms with Gasteiger partial charge in [-0.15, -0.1) is 0 Å². The number of hydrogen-bond donors (Lipinski definition) is 0. The first-order chi connectivity index (χ1) is 13.2. The number of hydrogen-bond acceptors (Lipinski definition) is 1. The first-order valence-electron chi connectivity index (χ1n) is 10.2. The molecule has 1 saturated carbocycles. The molecule has 0 saturated heterocycles.